The Morgan fingerprint density at radius 1 is 0.952 bits per heavy atom. The summed E-state index contributed by atoms with van der Waals surface area (Å²) < 4.78 is 0. The van der Waals surface area contributed by atoms with Crippen LogP contribution in [0.15, 0.2) is 48.5 Å². The number of aryl methyl sites for hydroxylation is 1. The first kappa shape index (κ1) is 15.4. The Morgan fingerprint density at radius 2 is 1.67 bits per heavy atom. The van der Waals surface area contributed by atoms with Crippen molar-refractivity contribution in [3.63, 3.8) is 0 Å². The van der Waals surface area contributed by atoms with Gasteiger partial charge in [-0.05, 0) is 54.8 Å². The SMILES string of the molecule is Oc1cccc(CCCNC[C@H](O)c2cccc(O)c2)c1. The summed E-state index contributed by atoms with van der Waals surface area (Å²) in [5, 5.41) is 31.9. The third-order valence-corrected chi connectivity index (χ3v) is 3.32. The van der Waals surface area contributed by atoms with Crippen LogP contribution in [0.5, 0.6) is 11.5 Å². The van der Waals surface area contributed by atoms with Crippen molar-refractivity contribution < 1.29 is 15.3 Å². The van der Waals surface area contributed by atoms with Crippen LogP contribution in [0.4, 0.5) is 0 Å². The Bertz CT molecular complexity index is 571. The summed E-state index contributed by atoms with van der Waals surface area (Å²) in [6.45, 7) is 1.23. The number of hydrogen-bond donors (Lipinski definition) is 4. The molecule has 112 valence electrons. The van der Waals surface area contributed by atoms with Gasteiger partial charge in [-0.2, -0.15) is 0 Å². The number of benzene rings is 2. The molecule has 0 aliphatic carbocycles. The molecular formula is C17H21NO3. The summed E-state index contributed by atoms with van der Waals surface area (Å²) in [5.74, 6) is 0.454. The lowest BCUT2D eigenvalue weighted by molar-refractivity contribution is 0.174. The summed E-state index contributed by atoms with van der Waals surface area (Å²) >= 11 is 0. The zero-order valence-corrected chi connectivity index (χ0v) is 11.9. The average Bonchev–Trinajstić information content (AvgIpc) is 2.47. The molecule has 2 aromatic carbocycles. The van der Waals surface area contributed by atoms with Gasteiger partial charge in [0.05, 0.1) is 6.10 Å². The fraction of sp³-hybridized carbons (Fsp3) is 0.294. The highest BCUT2D eigenvalue weighted by atomic mass is 16.3. The van der Waals surface area contributed by atoms with Crippen LogP contribution in [-0.2, 0) is 6.42 Å². The molecule has 0 bridgehead atoms. The van der Waals surface area contributed by atoms with Crippen molar-refractivity contribution in [1.29, 1.82) is 0 Å². The number of rotatable bonds is 7. The second-order valence-electron chi connectivity index (χ2n) is 5.09. The highest BCUT2D eigenvalue weighted by Crippen LogP contribution is 2.17. The molecule has 4 nitrogen and oxygen atoms in total. The van der Waals surface area contributed by atoms with Crippen LogP contribution in [0.3, 0.4) is 0 Å². The lowest BCUT2D eigenvalue weighted by Gasteiger charge is -2.12. The van der Waals surface area contributed by atoms with E-state index >= 15 is 0 Å². The van der Waals surface area contributed by atoms with Gasteiger partial charge in [0, 0.05) is 6.54 Å². The average molecular weight is 287 g/mol. The van der Waals surface area contributed by atoms with Gasteiger partial charge < -0.3 is 20.6 Å². The molecule has 0 amide bonds. The second kappa shape index (κ2) is 7.67. The van der Waals surface area contributed by atoms with Gasteiger partial charge in [0.1, 0.15) is 11.5 Å². The fourth-order valence-corrected chi connectivity index (χ4v) is 2.22. The van der Waals surface area contributed by atoms with Gasteiger partial charge in [-0.3, -0.25) is 0 Å². The Morgan fingerprint density at radius 3 is 2.38 bits per heavy atom. The van der Waals surface area contributed by atoms with E-state index in [-0.39, 0.29) is 5.75 Å². The Hall–Kier alpha value is -2.04. The maximum absolute atomic E-state index is 9.99. The van der Waals surface area contributed by atoms with E-state index in [9.17, 15) is 15.3 Å². The minimum atomic E-state index is -0.627. The number of phenols is 2. The minimum Gasteiger partial charge on any atom is -0.508 e. The number of aliphatic hydroxyl groups excluding tert-OH is 1. The maximum atomic E-state index is 9.99. The van der Waals surface area contributed by atoms with Crippen molar-refractivity contribution in [3.05, 3.63) is 59.7 Å². The highest BCUT2D eigenvalue weighted by Gasteiger charge is 2.07. The van der Waals surface area contributed by atoms with Crippen LogP contribution < -0.4 is 5.32 Å². The summed E-state index contributed by atoms with van der Waals surface area (Å²) in [5.41, 5.74) is 1.81. The molecule has 0 saturated heterocycles. The molecular weight excluding hydrogens is 266 g/mol. The van der Waals surface area contributed by atoms with Gasteiger partial charge in [-0.15, -0.1) is 0 Å². The topological polar surface area (TPSA) is 72.7 Å². The Balaban J connectivity index is 1.68. The molecule has 0 spiro atoms. The number of nitrogens with one attached hydrogen (secondary N) is 1. The molecule has 2 aromatic rings. The van der Waals surface area contributed by atoms with Crippen molar-refractivity contribution in [2.24, 2.45) is 0 Å². The molecule has 1 atom stereocenters. The third kappa shape index (κ3) is 5.10. The first-order valence-corrected chi connectivity index (χ1v) is 7.11. The lowest BCUT2D eigenvalue weighted by atomic mass is 10.1. The van der Waals surface area contributed by atoms with Crippen molar-refractivity contribution in [2.75, 3.05) is 13.1 Å². The standard InChI is InChI=1S/C17H21NO3/c19-15-7-1-4-13(10-15)5-3-9-18-12-17(21)14-6-2-8-16(20)11-14/h1-2,4,6-8,10-11,17-21H,3,5,9,12H2/t17-/m0/s1. The molecule has 0 unspecified atom stereocenters. The van der Waals surface area contributed by atoms with Crippen molar-refractivity contribution in [2.45, 2.75) is 18.9 Å². The predicted octanol–water partition coefficient (Wildman–Crippen LogP) is 2.35. The van der Waals surface area contributed by atoms with Crippen LogP contribution in [0, 0.1) is 0 Å². The molecule has 4 heteroatoms. The molecule has 4 N–H and O–H groups in total. The van der Waals surface area contributed by atoms with Crippen LogP contribution in [0.1, 0.15) is 23.7 Å². The normalized spacial score (nSPS) is 12.2. The molecule has 21 heavy (non-hydrogen) atoms. The van der Waals surface area contributed by atoms with Gasteiger partial charge in [-0.25, -0.2) is 0 Å². The summed E-state index contributed by atoms with van der Waals surface area (Å²) in [6.07, 6.45) is 1.18. The van der Waals surface area contributed by atoms with Gasteiger partial charge in [0.25, 0.3) is 0 Å². The van der Waals surface area contributed by atoms with Gasteiger partial charge in [0.15, 0.2) is 0 Å². The first-order valence-electron chi connectivity index (χ1n) is 7.11. The smallest absolute Gasteiger partial charge is 0.115 e. The fourth-order valence-electron chi connectivity index (χ4n) is 2.22. The van der Waals surface area contributed by atoms with Gasteiger partial charge >= 0.3 is 0 Å². The quantitative estimate of drug-likeness (QED) is 0.590. The van der Waals surface area contributed by atoms with E-state index in [4.69, 9.17) is 0 Å². The van der Waals surface area contributed by atoms with E-state index in [1.54, 1.807) is 36.4 Å². The van der Waals surface area contributed by atoms with Crippen molar-refractivity contribution in [3.8, 4) is 11.5 Å². The Kier molecular flexibility index (Phi) is 5.60. The van der Waals surface area contributed by atoms with E-state index in [1.165, 1.54) is 0 Å². The first-order chi connectivity index (χ1) is 10.1. The highest BCUT2D eigenvalue weighted by molar-refractivity contribution is 5.29. The molecule has 0 radical (unpaired) electrons. The van der Waals surface area contributed by atoms with Gasteiger partial charge in [0.2, 0.25) is 0 Å². The molecule has 0 aliphatic rings. The zero-order valence-electron chi connectivity index (χ0n) is 11.9. The number of hydrogen-bond acceptors (Lipinski definition) is 4. The van der Waals surface area contributed by atoms with Crippen molar-refractivity contribution in [1.82, 2.24) is 5.32 Å². The van der Waals surface area contributed by atoms with E-state index in [0.717, 1.165) is 24.9 Å². The summed E-state index contributed by atoms with van der Waals surface area (Å²) in [6, 6.07) is 13.9. The van der Waals surface area contributed by atoms with Crippen LogP contribution in [-0.4, -0.2) is 28.4 Å². The van der Waals surface area contributed by atoms with E-state index in [0.29, 0.717) is 17.9 Å². The number of aliphatic hydroxyl groups is 1. The molecule has 2 rings (SSSR count). The number of aromatic hydroxyl groups is 2. The minimum absolute atomic E-state index is 0.162. The van der Waals surface area contributed by atoms with Crippen LogP contribution in [0.25, 0.3) is 0 Å². The largest absolute Gasteiger partial charge is 0.508 e. The lowest BCUT2D eigenvalue weighted by Crippen LogP contribution is -2.22. The maximum Gasteiger partial charge on any atom is 0.115 e. The third-order valence-electron chi connectivity index (χ3n) is 3.32. The summed E-state index contributed by atoms with van der Waals surface area (Å²) in [4.78, 5) is 0. The predicted molar refractivity (Wildman–Crippen MR) is 82.4 cm³/mol. The van der Waals surface area contributed by atoms with Crippen LogP contribution in [0.2, 0.25) is 0 Å². The molecule has 0 saturated carbocycles. The second-order valence-corrected chi connectivity index (χ2v) is 5.09. The summed E-state index contributed by atoms with van der Waals surface area (Å²) in [7, 11) is 0. The molecule has 0 aliphatic heterocycles. The monoisotopic (exact) mass is 287 g/mol. The van der Waals surface area contributed by atoms with E-state index in [2.05, 4.69) is 5.32 Å². The van der Waals surface area contributed by atoms with Gasteiger partial charge in [-0.1, -0.05) is 24.3 Å². The zero-order chi connectivity index (χ0) is 15.1. The molecule has 0 heterocycles. The number of phenolic OH excluding ortho intramolecular Hbond substituents is 2. The molecule has 0 fully saturated rings. The van der Waals surface area contributed by atoms with Crippen LogP contribution >= 0.6 is 0 Å². The molecule has 0 aromatic heterocycles. The Labute approximate surface area is 124 Å². The van der Waals surface area contributed by atoms with Crippen molar-refractivity contribution >= 4 is 0 Å². The van der Waals surface area contributed by atoms with E-state index < -0.39 is 6.10 Å². The van der Waals surface area contributed by atoms with E-state index in [1.807, 2.05) is 12.1 Å².